The molecule has 0 aromatic heterocycles. The minimum atomic E-state index is -0.129. The number of nitrogens with zero attached hydrogens (tertiary/aromatic N) is 1. The largest absolute Gasteiger partial charge is 0.349 e. The van der Waals surface area contributed by atoms with Crippen molar-refractivity contribution in [3.63, 3.8) is 0 Å². The van der Waals surface area contributed by atoms with E-state index in [9.17, 15) is 9.59 Å². The Labute approximate surface area is 154 Å². The summed E-state index contributed by atoms with van der Waals surface area (Å²) >= 11 is 0. The molecule has 0 spiro atoms. The average molecular weight is 351 g/mol. The normalized spacial score (nSPS) is 12.8. The summed E-state index contributed by atoms with van der Waals surface area (Å²) in [6, 6.07) is 15.2. The first kappa shape index (κ1) is 18.0. The van der Waals surface area contributed by atoms with E-state index in [0.29, 0.717) is 24.3 Å². The first-order valence-corrected chi connectivity index (χ1v) is 9.14. The molecule has 5 heteroatoms. The van der Waals surface area contributed by atoms with Crippen molar-refractivity contribution < 1.29 is 9.59 Å². The van der Waals surface area contributed by atoms with Gasteiger partial charge in [0.15, 0.2) is 0 Å². The molecule has 0 unspecified atom stereocenters. The summed E-state index contributed by atoms with van der Waals surface area (Å²) in [7, 11) is 0. The summed E-state index contributed by atoms with van der Waals surface area (Å²) in [6.07, 6.45) is 1.82. The van der Waals surface area contributed by atoms with E-state index in [1.54, 1.807) is 29.2 Å². The lowest BCUT2D eigenvalue weighted by molar-refractivity contribution is 0.0935. The number of benzene rings is 2. The van der Waals surface area contributed by atoms with Crippen LogP contribution in [0.1, 0.15) is 48.2 Å². The van der Waals surface area contributed by atoms with Gasteiger partial charge in [-0.15, -0.1) is 0 Å². The van der Waals surface area contributed by atoms with Gasteiger partial charge in [-0.05, 0) is 48.2 Å². The summed E-state index contributed by atoms with van der Waals surface area (Å²) in [5.74, 6) is -0.0773. The second-order valence-electron chi connectivity index (χ2n) is 6.62. The molecule has 3 rings (SSSR count). The van der Waals surface area contributed by atoms with E-state index in [1.165, 1.54) is 11.1 Å². The first-order valence-electron chi connectivity index (χ1n) is 9.14. The van der Waals surface area contributed by atoms with Crippen LogP contribution < -0.4 is 10.6 Å². The molecule has 2 aromatic rings. The van der Waals surface area contributed by atoms with Crippen LogP contribution in [0.2, 0.25) is 0 Å². The molecule has 0 fully saturated rings. The molecule has 1 aliphatic rings. The molecule has 1 heterocycles. The Bertz CT molecular complexity index is 757. The Morgan fingerprint density at radius 1 is 0.962 bits per heavy atom. The Morgan fingerprint density at radius 2 is 1.54 bits per heavy atom. The zero-order chi connectivity index (χ0) is 18.5. The van der Waals surface area contributed by atoms with E-state index in [0.717, 1.165) is 12.8 Å². The number of rotatable bonds is 5. The molecular weight excluding hydrogens is 326 g/mol. The molecule has 26 heavy (non-hydrogen) atoms. The smallest absolute Gasteiger partial charge is 0.322 e. The number of amides is 3. The highest BCUT2D eigenvalue weighted by Crippen LogP contribution is 2.23. The number of fused-ring (bicyclic) bond motifs is 1. The molecule has 0 atom stereocenters. The Kier molecular flexibility index (Phi) is 5.56. The zero-order valence-corrected chi connectivity index (χ0v) is 15.3. The fourth-order valence-corrected chi connectivity index (χ4v) is 3.15. The maximum Gasteiger partial charge on any atom is 0.322 e. The molecular formula is C21H25N3O2. The van der Waals surface area contributed by atoms with Crippen molar-refractivity contribution in [1.29, 1.82) is 0 Å². The average Bonchev–Trinajstić information content (AvgIpc) is 3.11. The van der Waals surface area contributed by atoms with Gasteiger partial charge in [-0.3, -0.25) is 4.79 Å². The predicted octanol–water partition coefficient (Wildman–Crippen LogP) is 4.15. The maximum atomic E-state index is 12.5. The highest BCUT2D eigenvalue weighted by molar-refractivity contribution is 5.95. The van der Waals surface area contributed by atoms with Crippen molar-refractivity contribution >= 4 is 17.6 Å². The number of nitrogens with one attached hydrogen (secondary N) is 2. The molecule has 5 nitrogen and oxygen atoms in total. The fourth-order valence-electron chi connectivity index (χ4n) is 3.15. The van der Waals surface area contributed by atoms with Crippen molar-refractivity contribution in [1.82, 2.24) is 10.2 Å². The van der Waals surface area contributed by atoms with Crippen molar-refractivity contribution in [3.05, 3.63) is 65.2 Å². The van der Waals surface area contributed by atoms with Crippen molar-refractivity contribution in [2.75, 3.05) is 5.32 Å². The van der Waals surface area contributed by atoms with E-state index < -0.39 is 0 Å². The lowest BCUT2D eigenvalue weighted by Gasteiger charge is -2.17. The Morgan fingerprint density at radius 3 is 2.08 bits per heavy atom. The lowest BCUT2D eigenvalue weighted by atomic mass is 10.1. The van der Waals surface area contributed by atoms with Gasteiger partial charge in [0.05, 0.1) is 0 Å². The number of hydrogen-bond donors (Lipinski definition) is 2. The monoisotopic (exact) mass is 351 g/mol. The molecule has 0 saturated carbocycles. The minimum Gasteiger partial charge on any atom is -0.349 e. The van der Waals surface area contributed by atoms with E-state index in [-0.39, 0.29) is 18.0 Å². The molecule has 0 radical (unpaired) electrons. The summed E-state index contributed by atoms with van der Waals surface area (Å²) in [5.41, 5.74) is 3.67. The number of carbonyl (C=O) groups is 2. The van der Waals surface area contributed by atoms with Gasteiger partial charge in [0.1, 0.15) is 0 Å². The summed E-state index contributed by atoms with van der Waals surface area (Å²) in [4.78, 5) is 26.5. The van der Waals surface area contributed by atoms with Crippen LogP contribution >= 0.6 is 0 Å². The third kappa shape index (κ3) is 4.04. The van der Waals surface area contributed by atoms with Gasteiger partial charge in [-0.1, -0.05) is 38.1 Å². The van der Waals surface area contributed by atoms with Gasteiger partial charge in [-0.25, -0.2) is 4.79 Å². The van der Waals surface area contributed by atoms with Crippen LogP contribution in [-0.4, -0.2) is 22.9 Å². The molecule has 1 aliphatic heterocycles. The van der Waals surface area contributed by atoms with Gasteiger partial charge in [0.25, 0.3) is 5.91 Å². The number of hydrogen-bond acceptors (Lipinski definition) is 2. The summed E-state index contributed by atoms with van der Waals surface area (Å²) in [6.45, 7) is 5.36. The third-order valence-corrected chi connectivity index (χ3v) is 4.85. The van der Waals surface area contributed by atoms with Crippen molar-refractivity contribution in [2.45, 2.75) is 45.8 Å². The topological polar surface area (TPSA) is 61.4 Å². The van der Waals surface area contributed by atoms with Crippen LogP contribution in [0.25, 0.3) is 0 Å². The van der Waals surface area contributed by atoms with E-state index in [2.05, 4.69) is 36.6 Å². The minimum absolute atomic E-state index is 0.0773. The van der Waals surface area contributed by atoms with Crippen molar-refractivity contribution in [3.8, 4) is 0 Å². The quantitative estimate of drug-likeness (QED) is 0.850. The SMILES string of the molecule is CCC(CC)NC(=O)c1ccc(NC(=O)N2Cc3ccccc3C2)cc1. The van der Waals surface area contributed by atoms with Gasteiger partial charge in [0, 0.05) is 30.4 Å². The van der Waals surface area contributed by atoms with Gasteiger partial charge < -0.3 is 15.5 Å². The first-order chi connectivity index (χ1) is 12.6. The second kappa shape index (κ2) is 8.04. The van der Waals surface area contributed by atoms with Gasteiger partial charge >= 0.3 is 6.03 Å². The lowest BCUT2D eigenvalue weighted by Crippen LogP contribution is -2.33. The molecule has 2 aromatic carbocycles. The van der Waals surface area contributed by atoms with E-state index >= 15 is 0 Å². The van der Waals surface area contributed by atoms with Crippen LogP contribution in [0, 0.1) is 0 Å². The molecule has 0 bridgehead atoms. The van der Waals surface area contributed by atoms with Crippen LogP contribution in [0.5, 0.6) is 0 Å². The Balaban J connectivity index is 1.58. The van der Waals surface area contributed by atoms with Crippen LogP contribution in [0.15, 0.2) is 48.5 Å². The number of urea groups is 1. The number of anilines is 1. The maximum absolute atomic E-state index is 12.5. The highest BCUT2D eigenvalue weighted by atomic mass is 16.2. The standard InChI is InChI=1S/C21H25N3O2/c1-3-18(4-2)22-20(25)15-9-11-19(12-10-15)23-21(26)24-13-16-7-5-6-8-17(16)14-24/h5-12,18H,3-4,13-14H2,1-2H3,(H,22,25)(H,23,26). The zero-order valence-electron chi connectivity index (χ0n) is 15.3. The van der Waals surface area contributed by atoms with Crippen LogP contribution in [0.4, 0.5) is 10.5 Å². The molecule has 0 saturated heterocycles. The fraction of sp³-hybridized carbons (Fsp3) is 0.333. The molecule has 2 N–H and O–H groups in total. The van der Waals surface area contributed by atoms with Gasteiger partial charge in [0.2, 0.25) is 0 Å². The molecule has 0 aliphatic carbocycles. The summed E-state index contributed by atoms with van der Waals surface area (Å²) in [5, 5.41) is 5.92. The molecule has 136 valence electrons. The second-order valence-corrected chi connectivity index (χ2v) is 6.62. The third-order valence-electron chi connectivity index (χ3n) is 4.85. The van der Waals surface area contributed by atoms with Crippen LogP contribution in [0.3, 0.4) is 0 Å². The number of carbonyl (C=O) groups excluding carboxylic acids is 2. The van der Waals surface area contributed by atoms with E-state index in [4.69, 9.17) is 0 Å². The summed E-state index contributed by atoms with van der Waals surface area (Å²) < 4.78 is 0. The molecule has 3 amide bonds. The Hall–Kier alpha value is -2.82. The predicted molar refractivity (Wildman–Crippen MR) is 103 cm³/mol. The highest BCUT2D eigenvalue weighted by Gasteiger charge is 2.22. The van der Waals surface area contributed by atoms with E-state index in [1.807, 2.05) is 12.1 Å². The van der Waals surface area contributed by atoms with Gasteiger partial charge in [-0.2, -0.15) is 0 Å². The van der Waals surface area contributed by atoms with Crippen LogP contribution in [-0.2, 0) is 13.1 Å². The van der Waals surface area contributed by atoms with Crippen molar-refractivity contribution in [2.24, 2.45) is 0 Å².